The van der Waals surface area contributed by atoms with Crippen LogP contribution in [0.25, 0.3) is 22.2 Å². The second-order valence-electron chi connectivity index (χ2n) is 7.71. The average Bonchev–Trinajstić information content (AvgIpc) is 2.82. The van der Waals surface area contributed by atoms with Crippen LogP contribution in [0.3, 0.4) is 0 Å². The summed E-state index contributed by atoms with van der Waals surface area (Å²) in [6, 6.07) is 18.7. The lowest BCUT2D eigenvalue weighted by molar-refractivity contribution is -0.126. The molecule has 1 amide bonds. The van der Waals surface area contributed by atoms with Crippen molar-refractivity contribution in [2.45, 2.75) is 18.9 Å². The second-order valence-corrected chi connectivity index (χ2v) is 8.09. The molecule has 0 saturated carbocycles. The molecule has 158 valence electrons. The number of piperidine rings is 1. The first-order chi connectivity index (χ1) is 15.0. The summed E-state index contributed by atoms with van der Waals surface area (Å²) in [5, 5.41) is 22.8. The van der Waals surface area contributed by atoms with Crippen molar-refractivity contribution in [3.05, 3.63) is 66.2 Å². The maximum absolute atomic E-state index is 12.8. The highest BCUT2D eigenvalue weighted by Gasteiger charge is 2.27. The van der Waals surface area contributed by atoms with Crippen LogP contribution in [-0.2, 0) is 4.79 Å². The van der Waals surface area contributed by atoms with Crippen molar-refractivity contribution in [3.8, 4) is 11.3 Å². The van der Waals surface area contributed by atoms with E-state index in [2.05, 4.69) is 10.6 Å². The highest BCUT2D eigenvalue weighted by Crippen LogP contribution is 2.25. The maximum Gasteiger partial charge on any atom is 0.224 e. The predicted molar refractivity (Wildman–Crippen MR) is 125 cm³/mol. The summed E-state index contributed by atoms with van der Waals surface area (Å²) in [5.74, 6) is -0.218. The standard InChI is InChI=1S/C24H24ClN5O/c25-23(27)21(26)22(30-24(31)17-10-12-28-13-11-17)18-7-6-16-8-9-19(29-20(16)14-18)15-4-2-1-3-5-15/h1-9,14,17,22,26-28H,10-13H2,(H,30,31). The Morgan fingerprint density at radius 3 is 2.48 bits per heavy atom. The minimum atomic E-state index is -0.793. The zero-order valence-corrected chi connectivity index (χ0v) is 17.7. The first kappa shape index (κ1) is 21.2. The fourth-order valence-corrected chi connectivity index (χ4v) is 3.99. The Bertz CT molecular complexity index is 1130. The molecular formula is C24H24ClN5O. The van der Waals surface area contributed by atoms with Crippen LogP contribution in [0.5, 0.6) is 0 Å². The molecule has 7 heteroatoms. The van der Waals surface area contributed by atoms with E-state index in [1.807, 2.05) is 60.7 Å². The molecule has 31 heavy (non-hydrogen) atoms. The zero-order valence-electron chi connectivity index (χ0n) is 17.0. The summed E-state index contributed by atoms with van der Waals surface area (Å²) in [4.78, 5) is 17.6. The Morgan fingerprint density at radius 2 is 1.77 bits per heavy atom. The number of carbonyl (C=O) groups excluding carboxylic acids is 1. The number of fused-ring (bicyclic) bond motifs is 1. The van der Waals surface area contributed by atoms with Crippen molar-refractivity contribution in [3.63, 3.8) is 0 Å². The average molecular weight is 434 g/mol. The Hall–Kier alpha value is -3.09. The molecule has 0 radical (unpaired) electrons. The Labute approximate surface area is 186 Å². The molecule has 1 aromatic heterocycles. The van der Waals surface area contributed by atoms with Gasteiger partial charge in [0, 0.05) is 16.9 Å². The van der Waals surface area contributed by atoms with Crippen molar-refractivity contribution >= 4 is 39.3 Å². The van der Waals surface area contributed by atoms with E-state index in [9.17, 15) is 4.79 Å². The van der Waals surface area contributed by atoms with E-state index >= 15 is 0 Å². The van der Waals surface area contributed by atoms with Gasteiger partial charge in [0.15, 0.2) is 0 Å². The number of nitrogens with one attached hydrogen (secondary N) is 4. The van der Waals surface area contributed by atoms with E-state index in [1.165, 1.54) is 0 Å². The number of pyridine rings is 1. The SMILES string of the molecule is N=C(Cl)C(=N)C(NC(=O)C1CCNCC1)c1ccc2ccc(-c3ccccc3)nc2c1. The summed E-state index contributed by atoms with van der Waals surface area (Å²) >= 11 is 5.85. The van der Waals surface area contributed by atoms with Gasteiger partial charge in [-0.25, -0.2) is 4.98 Å². The van der Waals surface area contributed by atoms with Crippen molar-refractivity contribution in [1.29, 1.82) is 10.8 Å². The number of aromatic nitrogens is 1. The molecule has 1 unspecified atom stereocenters. The highest BCUT2D eigenvalue weighted by molar-refractivity contribution is 6.83. The molecule has 1 atom stereocenters. The molecule has 1 aliphatic rings. The molecule has 4 N–H and O–H groups in total. The Morgan fingerprint density at radius 1 is 1.06 bits per heavy atom. The molecule has 6 nitrogen and oxygen atoms in total. The van der Waals surface area contributed by atoms with Gasteiger partial charge in [0.2, 0.25) is 5.91 Å². The quantitative estimate of drug-likeness (QED) is 0.436. The molecule has 1 aliphatic heterocycles. The van der Waals surface area contributed by atoms with Crippen molar-refractivity contribution in [1.82, 2.24) is 15.6 Å². The van der Waals surface area contributed by atoms with Gasteiger partial charge in [0.25, 0.3) is 0 Å². The number of halogens is 1. The minimum Gasteiger partial charge on any atom is -0.343 e. The molecule has 0 bridgehead atoms. The van der Waals surface area contributed by atoms with Gasteiger partial charge in [-0.15, -0.1) is 0 Å². The number of rotatable bonds is 6. The van der Waals surface area contributed by atoms with Gasteiger partial charge in [0.1, 0.15) is 5.17 Å². The van der Waals surface area contributed by atoms with Crippen LogP contribution < -0.4 is 10.6 Å². The summed E-state index contributed by atoms with van der Waals surface area (Å²) in [7, 11) is 0. The van der Waals surface area contributed by atoms with Crippen molar-refractivity contribution in [2.75, 3.05) is 13.1 Å². The van der Waals surface area contributed by atoms with E-state index in [0.717, 1.165) is 48.1 Å². The largest absolute Gasteiger partial charge is 0.343 e. The van der Waals surface area contributed by atoms with Crippen molar-refractivity contribution < 1.29 is 4.79 Å². The van der Waals surface area contributed by atoms with Gasteiger partial charge in [0.05, 0.1) is 23.0 Å². The summed E-state index contributed by atoms with van der Waals surface area (Å²) in [6.07, 6.45) is 1.51. The molecule has 2 aromatic carbocycles. The number of carbonyl (C=O) groups is 1. The topological polar surface area (TPSA) is 102 Å². The Kier molecular flexibility index (Phi) is 6.39. The second kappa shape index (κ2) is 9.37. The molecular weight excluding hydrogens is 410 g/mol. The fraction of sp³-hybridized carbons (Fsp3) is 0.250. The monoisotopic (exact) mass is 433 g/mol. The third kappa shape index (κ3) is 4.81. The predicted octanol–water partition coefficient (Wildman–Crippen LogP) is 4.29. The van der Waals surface area contributed by atoms with Crippen LogP contribution >= 0.6 is 11.6 Å². The molecule has 0 spiro atoms. The third-order valence-corrected chi connectivity index (χ3v) is 5.84. The molecule has 0 aliphatic carbocycles. The minimum absolute atomic E-state index is 0.107. The molecule has 4 rings (SSSR count). The van der Waals surface area contributed by atoms with E-state index in [1.54, 1.807) is 0 Å². The highest BCUT2D eigenvalue weighted by atomic mass is 35.5. The van der Waals surface area contributed by atoms with E-state index in [-0.39, 0.29) is 22.7 Å². The van der Waals surface area contributed by atoms with Gasteiger partial charge in [-0.2, -0.15) is 0 Å². The first-order valence-corrected chi connectivity index (χ1v) is 10.7. The number of benzene rings is 2. The molecule has 1 saturated heterocycles. The van der Waals surface area contributed by atoms with Crippen LogP contribution in [0.1, 0.15) is 24.4 Å². The number of hydrogen-bond donors (Lipinski definition) is 4. The van der Waals surface area contributed by atoms with Gasteiger partial charge in [-0.1, -0.05) is 60.1 Å². The van der Waals surface area contributed by atoms with E-state index in [0.29, 0.717) is 5.56 Å². The van der Waals surface area contributed by atoms with E-state index < -0.39 is 6.04 Å². The van der Waals surface area contributed by atoms with Crippen LogP contribution in [0.4, 0.5) is 0 Å². The summed E-state index contributed by atoms with van der Waals surface area (Å²) in [6.45, 7) is 1.60. The van der Waals surface area contributed by atoms with Crippen LogP contribution in [0, 0.1) is 16.7 Å². The zero-order chi connectivity index (χ0) is 21.8. The lowest BCUT2D eigenvalue weighted by Gasteiger charge is -2.26. The van der Waals surface area contributed by atoms with Crippen LogP contribution in [0.15, 0.2) is 60.7 Å². The van der Waals surface area contributed by atoms with E-state index in [4.69, 9.17) is 27.4 Å². The maximum atomic E-state index is 12.8. The lowest BCUT2D eigenvalue weighted by atomic mass is 9.95. The van der Waals surface area contributed by atoms with Gasteiger partial charge >= 0.3 is 0 Å². The lowest BCUT2D eigenvalue weighted by Crippen LogP contribution is -2.42. The fourth-order valence-electron chi connectivity index (χ4n) is 3.88. The van der Waals surface area contributed by atoms with Gasteiger partial charge in [-0.3, -0.25) is 15.6 Å². The first-order valence-electron chi connectivity index (χ1n) is 10.3. The van der Waals surface area contributed by atoms with Crippen LogP contribution in [-0.4, -0.2) is 34.9 Å². The molecule has 3 aromatic rings. The number of nitrogens with zero attached hydrogens (tertiary/aromatic N) is 1. The van der Waals surface area contributed by atoms with Gasteiger partial charge in [-0.05, 0) is 43.6 Å². The molecule has 1 fully saturated rings. The number of amides is 1. The summed E-state index contributed by atoms with van der Waals surface area (Å²) in [5.41, 5.74) is 3.17. The normalized spacial score (nSPS) is 15.4. The third-order valence-electron chi connectivity index (χ3n) is 5.64. The van der Waals surface area contributed by atoms with Crippen LogP contribution in [0.2, 0.25) is 0 Å². The summed E-state index contributed by atoms with van der Waals surface area (Å²) < 4.78 is 0. The van der Waals surface area contributed by atoms with Gasteiger partial charge < -0.3 is 10.6 Å². The van der Waals surface area contributed by atoms with Crippen molar-refractivity contribution in [2.24, 2.45) is 5.92 Å². The number of hydrogen-bond acceptors (Lipinski definition) is 5. The smallest absolute Gasteiger partial charge is 0.224 e. The Balaban J connectivity index is 1.68. The molecule has 2 heterocycles.